The van der Waals surface area contributed by atoms with Gasteiger partial charge in [-0.3, -0.25) is 0 Å². The summed E-state index contributed by atoms with van der Waals surface area (Å²) in [5.74, 6) is -2.51. The Labute approximate surface area is 115 Å². The average Bonchev–Trinajstić information content (AvgIpc) is 2.69. The maximum absolute atomic E-state index is 10.6. The van der Waals surface area contributed by atoms with Crippen molar-refractivity contribution in [1.29, 1.82) is 0 Å². The number of carboxylic acid groups (broad SMARTS) is 1. The number of hydrogen-bond acceptors (Lipinski definition) is 5. The smallest absolute Gasteiger partial charge is 0.475 e. The van der Waals surface area contributed by atoms with Gasteiger partial charge in [0.1, 0.15) is 0 Å². The third-order valence-electron chi connectivity index (χ3n) is 2.07. The van der Waals surface area contributed by atoms with Gasteiger partial charge in [-0.1, -0.05) is 18.5 Å². The number of nitrogen functional groups attached to an aromatic ring is 1. The molecule has 0 saturated heterocycles. The molecular formula is C9H9ClF3N5O2. The van der Waals surface area contributed by atoms with Gasteiger partial charge in [0, 0.05) is 0 Å². The van der Waals surface area contributed by atoms with E-state index in [1.165, 1.54) is 4.52 Å². The quantitative estimate of drug-likeness (QED) is 0.827. The lowest BCUT2D eigenvalue weighted by Gasteiger charge is -1.99. The molecule has 11 heteroatoms. The highest BCUT2D eigenvalue weighted by Crippen LogP contribution is 2.15. The van der Waals surface area contributed by atoms with Gasteiger partial charge in [-0.15, -0.1) is 10.2 Å². The van der Waals surface area contributed by atoms with E-state index in [1.807, 2.05) is 13.0 Å². The van der Waals surface area contributed by atoms with Crippen LogP contribution in [0.5, 0.6) is 0 Å². The number of fused-ring (bicyclic) bond motifs is 1. The fourth-order valence-corrected chi connectivity index (χ4v) is 1.38. The molecule has 0 bridgehead atoms. The predicted octanol–water partition coefficient (Wildman–Crippen LogP) is 1.56. The van der Waals surface area contributed by atoms with Gasteiger partial charge in [-0.05, 0) is 18.1 Å². The topological polar surface area (TPSA) is 106 Å². The Morgan fingerprint density at radius 3 is 2.50 bits per heavy atom. The molecule has 2 aromatic rings. The third kappa shape index (κ3) is 3.70. The molecule has 0 aliphatic rings. The number of aryl methyl sites for hydroxylation is 1. The summed E-state index contributed by atoms with van der Waals surface area (Å²) < 4.78 is 33.2. The number of nitrogens with two attached hydrogens (primary N) is 1. The first-order chi connectivity index (χ1) is 9.16. The van der Waals surface area contributed by atoms with Gasteiger partial charge in [0.05, 0.1) is 0 Å². The first-order valence-corrected chi connectivity index (χ1v) is 5.51. The maximum Gasteiger partial charge on any atom is 0.490 e. The van der Waals surface area contributed by atoms with Crippen LogP contribution >= 0.6 is 11.6 Å². The van der Waals surface area contributed by atoms with E-state index in [4.69, 9.17) is 27.2 Å². The van der Waals surface area contributed by atoms with E-state index < -0.39 is 12.1 Å². The minimum absolute atomic E-state index is 0.250. The van der Waals surface area contributed by atoms with Crippen LogP contribution in [-0.2, 0) is 11.2 Å². The van der Waals surface area contributed by atoms with Crippen molar-refractivity contribution in [3.63, 3.8) is 0 Å². The molecule has 0 amide bonds. The molecule has 7 nitrogen and oxygen atoms in total. The SMILES string of the molecule is CCc1cc2nnc(N)n2nc1Cl.O=C(O)C(F)(F)F. The van der Waals surface area contributed by atoms with Gasteiger partial charge in [-0.25, -0.2) is 4.79 Å². The third-order valence-corrected chi connectivity index (χ3v) is 2.39. The minimum Gasteiger partial charge on any atom is -0.475 e. The Morgan fingerprint density at radius 1 is 1.50 bits per heavy atom. The van der Waals surface area contributed by atoms with Crippen molar-refractivity contribution in [1.82, 2.24) is 19.8 Å². The maximum atomic E-state index is 10.6. The number of alkyl halides is 3. The molecule has 2 heterocycles. The molecule has 0 fully saturated rings. The molecule has 0 radical (unpaired) electrons. The molecule has 0 unspecified atom stereocenters. The van der Waals surface area contributed by atoms with E-state index in [2.05, 4.69) is 15.3 Å². The second kappa shape index (κ2) is 5.90. The molecule has 20 heavy (non-hydrogen) atoms. The number of aromatic nitrogens is 4. The summed E-state index contributed by atoms with van der Waals surface area (Å²) in [7, 11) is 0. The van der Waals surface area contributed by atoms with Gasteiger partial charge in [0.2, 0.25) is 5.95 Å². The van der Waals surface area contributed by atoms with Crippen LogP contribution in [0.1, 0.15) is 12.5 Å². The Balaban J connectivity index is 0.000000246. The van der Waals surface area contributed by atoms with Crippen molar-refractivity contribution < 1.29 is 23.1 Å². The van der Waals surface area contributed by atoms with Crippen LogP contribution in [0, 0.1) is 0 Å². The van der Waals surface area contributed by atoms with E-state index in [0.29, 0.717) is 10.8 Å². The number of rotatable bonds is 1. The fraction of sp³-hybridized carbons (Fsp3) is 0.333. The number of aliphatic carboxylic acids is 1. The van der Waals surface area contributed by atoms with Gasteiger partial charge in [-0.2, -0.15) is 22.8 Å². The molecule has 0 aromatic carbocycles. The van der Waals surface area contributed by atoms with Crippen molar-refractivity contribution in [3.05, 3.63) is 16.8 Å². The van der Waals surface area contributed by atoms with Crippen LogP contribution in [0.15, 0.2) is 6.07 Å². The lowest BCUT2D eigenvalue weighted by Crippen LogP contribution is -2.21. The normalized spacial score (nSPS) is 11.1. The number of hydrogen-bond donors (Lipinski definition) is 2. The van der Waals surface area contributed by atoms with Crippen molar-refractivity contribution in [2.75, 3.05) is 5.73 Å². The predicted molar refractivity (Wildman–Crippen MR) is 63.3 cm³/mol. The van der Waals surface area contributed by atoms with Crippen molar-refractivity contribution in [2.45, 2.75) is 19.5 Å². The van der Waals surface area contributed by atoms with E-state index >= 15 is 0 Å². The second-order valence-corrected chi connectivity index (χ2v) is 3.80. The zero-order chi connectivity index (χ0) is 15.5. The van der Waals surface area contributed by atoms with Crippen molar-refractivity contribution in [3.8, 4) is 0 Å². The Hall–Kier alpha value is -2.10. The van der Waals surface area contributed by atoms with Crippen molar-refractivity contribution in [2.24, 2.45) is 0 Å². The van der Waals surface area contributed by atoms with Gasteiger partial charge >= 0.3 is 12.1 Å². The average molecular weight is 312 g/mol. The van der Waals surface area contributed by atoms with Crippen molar-refractivity contribution >= 4 is 29.2 Å². The molecule has 2 rings (SSSR count). The molecule has 0 saturated carbocycles. The summed E-state index contributed by atoms with van der Waals surface area (Å²) in [5.41, 5.74) is 7.07. The molecular weight excluding hydrogens is 303 g/mol. The fourth-order valence-electron chi connectivity index (χ4n) is 1.11. The van der Waals surface area contributed by atoms with Gasteiger partial charge < -0.3 is 10.8 Å². The summed E-state index contributed by atoms with van der Waals surface area (Å²) in [4.78, 5) is 8.90. The summed E-state index contributed by atoms with van der Waals surface area (Å²) in [5, 5.41) is 19.1. The number of carboxylic acids is 1. The van der Waals surface area contributed by atoms with Crippen LogP contribution in [0.4, 0.5) is 19.1 Å². The number of carbonyl (C=O) groups is 1. The lowest BCUT2D eigenvalue weighted by molar-refractivity contribution is -0.192. The Morgan fingerprint density at radius 2 is 2.05 bits per heavy atom. The zero-order valence-electron chi connectivity index (χ0n) is 10.0. The zero-order valence-corrected chi connectivity index (χ0v) is 10.8. The number of anilines is 1. The number of nitrogens with zero attached hydrogens (tertiary/aromatic N) is 4. The Bertz CT molecular complexity index is 628. The van der Waals surface area contributed by atoms with Crippen LogP contribution in [0.3, 0.4) is 0 Å². The molecule has 0 spiro atoms. The molecule has 110 valence electrons. The second-order valence-electron chi connectivity index (χ2n) is 3.45. The van der Waals surface area contributed by atoms with E-state index in [9.17, 15) is 13.2 Å². The van der Waals surface area contributed by atoms with Crippen LogP contribution < -0.4 is 5.73 Å². The van der Waals surface area contributed by atoms with Gasteiger partial charge in [0.15, 0.2) is 10.8 Å². The number of halogens is 4. The summed E-state index contributed by atoms with van der Waals surface area (Å²) in [6.45, 7) is 2.00. The first kappa shape index (κ1) is 16.0. The van der Waals surface area contributed by atoms with Crippen LogP contribution in [0.2, 0.25) is 5.15 Å². The highest BCUT2D eigenvalue weighted by Gasteiger charge is 2.38. The molecule has 0 aliphatic carbocycles. The molecule has 2 aromatic heterocycles. The van der Waals surface area contributed by atoms with Crippen LogP contribution in [0.25, 0.3) is 5.65 Å². The molecule has 0 aliphatic heterocycles. The minimum atomic E-state index is -5.08. The standard InChI is InChI=1S/C7H8ClN5.C2HF3O2/c1-2-4-3-5-10-11-7(9)13(5)12-6(4)8;3-2(4,5)1(6)7/h3H,2H2,1H3,(H2,9,11);(H,6,7). The van der Waals surface area contributed by atoms with E-state index in [0.717, 1.165) is 12.0 Å². The lowest BCUT2D eigenvalue weighted by atomic mass is 10.2. The summed E-state index contributed by atoms with van der Waals surface area (Å²) in [6.07, 6.45) is -4.27. The Kier molecular flexibility index (Phi) is 4.71. The van der Waals surface area contributed by atoms with E-state index in [-0.39, 0.29) is 5.95 Å². The molecule has 3 N–H and O–H groups in total. The monoisotopic (exact) mass is 311 g/mol. The highest BCUT2D eigenvalue weighted by molar-refractivity contribution is 6.30. The van der Waals surface area contributed by atoms with E-state index in [1.54, 1.807) is 0 Å². The molecule has 0 atom stereocenters. The van der Waals surface area contributed by atoms with Crippen LogP contribution in [-0.4, -0.2) is 37.1 Å². The summed E-state index contributed by atoms with van der Waals surface area (Å²) in [6, 6.07) is 1.83. The van der Waals surface area contributed by atoms with Gasteiger partial charge in [0.25, 0.3) is 0 Å². The highest BCUT2D eigenvalue weighted by atomic mass is 35.5. The summed E-state index contributed by atoms with van der Waals surface area (Å²) >= 11 is 5.89. The largest absolute Gasteiger partial charge is 0.490 e. The first-order valence-electron chi connectivity index (χ1n) is 5.13.